The number of rotatable bonds is 10. The summed E-state index contributed by atoms with van der Waals surface area (Å²) < 4.78 is 10.1. The fourth-order valence-corrected chi connectivity index (χ4v) is 14.8. The summed E-state index contributed by atoms with van der Waals surface area (Å²) in [5.74, 6) is 2.32. The standard InChI is InChI=1S/C89H82N4O/c1-85(2,3)61-45-46-90-82(54-61)93-81-56-68(43-44-73(81)74-38-28-37-70(84(74)93)58-29-16-13-17-30-58)94-69-51-66(89(65-48-62(86(4,5)6)47-63(49-65)87(7,8)9)77-39-24-22-35-71(77)72-36-23-25-40-78(72)89)50-67(55-69)91-57-92(80-42-27-26-41-79(80)91)83-75(59-31-18-14-19-32-59)52-64(88(10,11)12)53-76(83)60-33-20-15-21-34-60/h13-56H,57H2,1-12H3. The molecule has 3 heterocycles. The van der Waals surface area contributed by atoms with Gasteiger partial charge >= 0.3 is 0 Å². The molecule has 0 radical (unpaired) electrons. The molecule has 0 unspecified atom stereocenters. The smallest absolute Gasteiger partial charge is 0.137 e. The second-order valence-electron chi connectivity index (χ2n) is 30.1. The van der Waals surface area contributed by atoms with E-state index in [0.717, 1.165) is 72.9 Å². The number of fused-ring (bicyclic) bond motifs is 7. The molecule has 0 amide bonds. The molecule has 15 rings (SSSR count). The largest absolute Gasteiger partial charge is 0.457 e. The zero-order valence-electron chi connectivity index (χ0n) is 56.3. The van der Waals surface area contributed by atoms with Crippen molar-refractivity contribution in [2.24, 2.45) is 0 Å². The lowest BCUT2D eigenvalue weighted by Gasteiger charge is -2.37. The number of ether oxygens (including phenoxy) is 1. The third-order valence-corrected chi connectivity index (χ3v) is 19.8. The Hall–Kier alpha value is -10.2. The Kier molecular flexibility index (Phi) is 14.4. The Bertz CT molecular complexity index is 4930. The number of benzene rings is 11. The van der Waals surface area contributed by atoms with Crippen LogP contribution in [0.4, 0.5) is 22.7 Å². The molecule has 464 valence electrons. The van der Waals surface area contributed by atoms with Gasteiger partial charge in [-0.15, -0.1) is 0 Å². The van der Waals surface area contributed by atoms with Crippen molar-refractivity contribution in [2.75, 3.05) is 16.5 Å². The molecule has 0 fully saturated rings. The van der Waals surface area contributed by atoms with Crippen LogP contribution in [-0.4, -0.2) is 16.2 Å². The minimum absolute atomic E-state index is 0.103. The zero-order chi connectivity index (χ0) is 65.1. The van der Waals surface area contributed by atoms with E-state index >= 15 is 0 Å². The van der Waals surface area contributed by atoms with E-state index in [0.29, 0.717) is 6.67 Å². The van der Waals surface area contributed by atoms with Gasteiger partial charge in [-0.3, -0.25) is 4.57 Å². The SMILES string of the molecule is CC(C)(C)c1cc(C(C)(C)C)cc(C2(c3cc(Oc4ccc5c6cccc(-c7ccccc7)c6n(-c6cc(C(C)(C)C)ccn6)c5c4)cc(N4CN(c5c(-c6ccccc6)cc(C(C)(C)C)cc5-c5ccccc5)c5ccccc54)c3)c3ccccc3-c3ccccc32)c1. The second kappa shape index (κ2) is 22.5. The Morgan fingerprint density at radius 3 is 1.41 bits per heavy atom. The average molecular weight is 1220 g/mol. The number of pyridine rings is 1. The van der Waals surface area contributed by atoms with Gasteiger partial charge < -0.3 is 14.5 Å². The van der Waals surface area contributed by atoms with Crippen molar-refractivity contribution in [3.8, 4) is 61.8 Å². The Morgan fingerprint density at radius 2 is 0.851 bits per heavy atom. The Morgan fingerprint density at radius 1 is 0.362 bits per heavy atom. The van der Waals surface area contributed by atoms with Crippen LogP contribution >= 0.6 is 0 Å². The number of hydrogen-bond donors (Lipinski definition) is 0. The zero-order valence-corrected chi connectivity index (χ0v) is 56.3. The molecule has 0 N–H and O–H groups in total. The third kappa shape index (κ3) is 10.3. The van der Waals surface area contributed by atoms with Gasteiger partial charge in [-0.1, -0.05) is 271 Å². The average Bonchev–Trinajstić information content (AvgIpc) is 1.50. The first-order valence-electron chi connectivity index (χ1n) is 33.4. The first kappa shape index (κ1) is 60.0. The molecule has 1 aliphatic carbocycles. The summed E-state index contributed by atoms with van der Waals surface area (Å²) >= 11 is 0. The molecule has 0 saturated carbocycles. The monoisotopic (exact) mass is 1220 g/mol. The topological polar surface area (TPSA) is 33.5 Å². The van der Waals surface area contributed by atoms with Gasteiger partial charge in [0.05, 0.1) is 33.5 Å². The van der Waals surface area contributed by atoms with Crippen LogP contribution in [0.3, 0.4) is 0 Å². The van der Waals surface area contributed by atoms with Gasteiger partial charge in [0.2, 0.25) is 0 Å². The molecule has 1 aliphatic heterocycles. The Labute approximate surface area is 555 Å². The molecule has 0 atom stereocenters. The molecule has 2 aliphatic rings. The van der Waals surface area contributed by atoms with Crippen LogP contribution in [0.1, 0.15) is 128 Å². The minimum Gasteiger partial charge on any atom is -0.457 e. The molecule has 5 nitrogen and oxygen atoms in total. The number of para-hydroxylation sites is 3. The van der Waals surface area contributed by atoms with Crippen LogP contribution in [-0.2, 0) is 27.1 Å². The van der Waals surface area contributed by atoms with Crippen LogP contribution in [0.25, 0.3) is 72.1 Å². The quantitative estimate of drug-likeness (QED) is 0.137. The fourth-order valence-electron chi connectivity index (χ4n) is 14.8. The molecule has 5 heteroatoms. The molecular weight excluding hydrogens is 1140 g/mol. The van der Waals surface area contributed by atoms with E-state index in [4.69, 9.17) is 9.72 Å². The molecule has 0 saturated heterocycles. The molecule has 0 spiro atoms. The third-order valence-electron chi connectivity index (χ3n) is 19.8. The Balaban J connectivity index is 1.00. The van der Waals surface area contributed by atoms with Gasteiger partial charge in [0.15, 0.2) is 0 Å². The van der Waals surface area contributed by atoms with Crippen molar-refractivity contribution >= 4 is 44.6 Å². The van der Waals surface area contributed by atoms with Crippen molar-refractivity contribution in [3.63, 3.8) is 0 Å². The lowest BCUT2D eigenvalue weighted by molar-refractivity contribution is 0.481. The number of aromatic nitrogens is 2. The summed E-state index contributed by atoms with van der Waals surface area (Å²) in [7, 11) is 0. The van der Waals surface area contributed by atoms with Crippen molar-refractivity contribution < 1.29 is 4.74 Å². The molecular formula is C89H82N4O. The maximum atomic E-state index is 7.70. The second-order valence-corrected chi connectivity index (χ2v) is 30.1. The highest BCUT2D eigenvalue weighted by molar-refractivity contribution is 6.14. The summed E-state index contributed by atoms with van der Waals surface area (Å²) in [6.45, 7) is 28.4. The fraction of sp³-hybridized carbons (Fsp3) is 0.202. The van der Waals surface area contributed by atoms with Crippen molar-refractivity contribution in [1.29, 1.82) is 0 Å². The summed E-state index contributed by atoms with van der Waals surface area (Å²) in [4.78, 5) is 10.3. The minimum atomic E-state index is -0.792. The summed E-state index contributed by atoms with van der Waals surface area (Å²) in [6, 6.07) is 97.3. The highest BCUT2D eigenvalue weighted by Gasteiger charge is 2.48. The van der Waals surface area contributed by atoms with Crippen LogP contribution in [0.15, 0.2) is 267 Å². The van der Waals surface area contributed by atoms with Gasteiger partial charge in [0.25, 0.3) is 0 Å². The van der Waals surface area contributed by atoms with Crippen molar-refractivity contribution in [2.45, 2.75) is 110 Å². The highest BCUT2D eigenvalue weighted by Crippen LogP contribution is 2.59. The van der Waals surface area contributed by atoms with E-state index in [9.17, 15) is 0 Å². The maximum absolute atomic E-state index is 7.70. The number of hydrogen-bond acceptors (Lipinski definition) is 4. The van der Waals surface area contributed by atoms with Crippen LogP contribution in [0.5, 0.6) is 11.5 Å². The first-order valence-corrected chi connectivity index (χ1v) is 33.4. The van der Waals surface area contributed by atoms with Crippen LogP contribution in [0.2, 0.25) is 0 Å². The molecule has 94 heavy (non-hydrogen) atoms. The lowest BCUT2D eigenvalue weighted by atomic mass is 9.65. The van der Waals surface area contributed by atoms with Gasteiger partial charge in [0, 0.05) is 51.5 Å². The van der Waals surface area contributed by atoms with E-state index < -0.39 is 5.41 Å². The predicted octanol–water partition coefficient (Wildman–Crippen LogP) is 23.8. The summed E-state index contributed by atoms with van der Waals surface area (Å²) in [6.07, 6.45) is 1.96. The number of nitrogens with zero attached hydrogens (tertiary/aromatic N) is 4. The predicted molar refractivity (Wildman–Crippen MR) is 396 cm³/mol. The first-order chi connectivity index (χ1) is 45.1. The summed E-state index contributed by atoms with van der Waals surface area (Å²) in [5.41, 5.74) is 24.7. The highest BCUT2D eigenvalue weighted by atomic mass is 16.5. The molecule has 2 aromatic heterocycles. The van der Waals surface area contributed by atoms with Crippen LogP contribution < -0.4 is 14.5 Å². The van der Waals surface area contributed by atoms with E-state index in [1.54, 1.807) is 0 Å². The maximum Gasteiger partial charge on any atom is 0.137 e. The van der Waals surface area contributed by atoms with E-state index in [1.165, 1.54) is 78.0 Å². The lowest BCUT2D eigenvalue weighted by Crippen LogP contribution is -2.31. The van der Waals surface area contributed by atoms with E-state index in [2.05, 4.69) is 358 Å². The number of anilines is 4. The van der Waals surface area contributed by atoms with Gasteiger partial charge in [-0.2, -0.15) is 0 Å². The van der Waals surface area contributed by atoms with E-state index in [1.807, 2.05) is 6.20 Å². The summed E-state index contributed by atoms with van der Waals surface area (Å²) in [5, 5.41) is 2.27. The van der Waals surface area contributed by atoms with Crippen molar-refractivity contribution in [3.05, 3.63) is 312 Å². The molecule has 0 bridgehead atoms. The van der Waals surface area contributed by atoms with E-state index in [-0.39, 0.29) is 21.7 Å². The normalized spacial score (nSPS) is 13.7. The van der Waals surface area contributed by atoms with Crippen LogP contribution in [0, 0.1) is 0 Å². The molecule has 13 aromatic rings. The van der Waals surface area contributed by atoms with Gasteiger partial charge in [0.1, 0.15) is 24.0 Å². The van der Waals surface area contributed by atoms with Crippen molar-refractivity contribution in [1.82, 2.24) is 9.55 Å². The van der Waals surface area contributed by atoms with Gasteiger partial charge in [-0.25, -0.2) is 4.98 Å². The molecule has 11 aromatic carbocycles. The van der Waals surface area contributed by atoms with Gasteiger partial charge in [-0.05, 0) is 155 Å².